The summed E-state index contributed by atoms with van der Waals surface area (Å²) in [6.07, 6.45) is 9.45. The van der Waals surface area contributed by atoms with Crippen LogP contribution in [0.2, 0.25) is 0 Å². The summed E-state index contributed by atoms with van der Waals surface area (Å²) >= 11 is 0. The van der Waals surface area contributed by atoms with Crippen LogP contribution in [-0.4, -0.2) is 6.10 Å². The van der Waals surface area contributed by atoms with Crippen molar-refractivity contribution < 1.29 is 4.74 Å². The van der Waals surface area contributed by atoms with Crippen molar-refractivity contribution in [3.63, 3.8) is 0 Å². The molecule has 2 aliphatic rings. The zero-order valence-corrected chi connectivity index (χ0v) is 11.9. The first-order valence-electron chi connectivity index (χ1n) is 7.77. The molecule has 1 aromatic rings. The summed E-state index contributed by atoms with van der Waals surface area (Å²) in [5, 5.41) is 0. The highest BCUT2D eigenvalue weighted by Gasteiger charge is 2.22. The number of ether oxygens (including phenoxy) is 1. The standard InChI is InChI=1S/C17H25NO/c1-12-9-15-11-14(7-8-17(15)19-12)16(18)10-13-5-3-2-4-6-13/h7-8,11-13,16H,2-6,9-10,18H2,1H3. The first kappa shape index (κ1) is 13.0. The number of rotatable bonds is 3. The normalized spacial score (nSPS) is 24.8. The highest BCUT2D eigenvalue weighted by Crippen LogP contribution is 2.34. The van der Waals surface area contributed by atoms with Crippen LogP contribution in [0.1, 0.15) is 62.6 Å². The number of hydrogen-bond acceptors (Lipinski definition) is 2. The van der Waals surface area contributed by atoms with Gasteiger partial charge in [0.25, 0.3) is 0 Å². The fourth-order valence-corrected chi connectivity index (χ4v) is 3.59. The van der Waals surface area contributed by atoms with Crippen LogP contribution in [0.5, 0.6) is 5.75 Å². The van der Waals surface area contributed by atoms with Crippen molar-refractivity contribution in [2.75, 3.05) is 0 Å². The van der Waals surface area contributed by atoms with Crippen molar-refractivity contribution in [1.82, 2.24) is 0 Å². The van der Waals surface area contributed by atoms with Gasteiger partial charge in [0, 0.05) is 12.5 Å². The van der Waals surface area contributed by atoms with Crippen molar-refractivity contribution in [2.45, 2.75) is 64.0 Å². The Balaban J connectivity index is 1.66. The van der Waals surface area contributed by atoms with Gasteiger partial charge in [0.2, 0.25) is 0 Å². The lowest BCUT2D eigenvalue weighted by atomic mass is 9.83. The highest BCUT2D eigenvalue weighted by molar-refractivity contribution is 5.41. The van der Waals surface area contributed by atoms with Gasteiger partial charge in [-0.05, 0) is 36.5 Å². The average Bonchev–Trinajstić information content (AvgIpc) is 2.78. The Kier molecular flexibility index (Phi) is 3.79. The fraction of sp³-hybridized carbons (Fsp3) is 0.647. The van der Waals surface area contributed by atoms with Gasteiger partial charge in [0.05, 0.1) is 0 Å². The second-order valence-corrected chi connectivity index (χ2v) is 6.35. The third-order valence-electron chi connectivity index (χ3n) is 4.66. The predicted octanol–water partition coefficient (Wildman–Crippen LogP) is 3.98. The van der Waals surface area contributed by atoms with E-state index in [1.807, 2.05) is 0 Å². The summed E-state index contributed by atoms with van der Waals surface area (Å²) < 4.78 is 5.75. The molecule has 2 nitrogen and oxygen atoms in total. The van der Waals surface area contributed by atoms with Crippen LogP contribution in [0.15, 0.2) is 18.2 Å². The van der Waals surface area contributed by atoms with Gasteiger partial charge in [-0.15, -0.1) is 0 Å². The van der Waals surface area contributed by atoms with E-state index in [4.69, 9.17) is 10.5 Å². The maximum Gasteiger partial charge on any atom is 0.123 e. The molecule has 2 N–H and O–H groups in total. The van der Waals surface area contributed by atoms with Gasteiger partial charge in [0.15, 0.2) is 0 Å². The van der Waals surface area contributed by atoms with E-state index >= 15 is 0 Å². The maximum absolute atomic E-state index is 6.41. The van der Waals surface area contributed by atoms with Crippen molar-refractivity contribution in [2.24, 2.45) is 11.7 Å². The molecule has 0 aromatic heterocycles. The van der Waals surface area contributed by atoms with E-state index in [9.17, 15) is 0 Å². The topological polar surface area (TPSA) is 35.2 Å². The van der Waals surface area contributed by atoms with Gasteiger partial charge in [-0.25, -0.2) is 0 Å². The smallest absolute Gasteiger partial charge is 0.123 e. The first-order chi connectivity index (χ1) is 9.22. The van der Waals surface area contributed by atoms with E-state index in [1.54, 1.807) is 0 Å². The second-order valence-electron chi connectivity index (χ2n) is 6.35. The molecule has 1 heterocycles. The SMILES string of the molecule is CC1Cc2cc(C(N)CC3CCCCC3)ccc2O1. The van der Waals surface area contributed by atoms with E-state index in [-0.39, 0.29) is 6.04 Å². The first-order valence-corrected chi connectivity index (χ1v) is 7.77. The minimum atomic E-state index is 0.198. The average molecular weight is 259 g/mol. The van der Waals surface area contributed by atoms with Crippen molar-refractivity contribution in [3.05, 3.63) is 29.3 Å². The lowest BCUT2D eigenvalue weighted by Gasteiger charge is -2.24. The quantitative estimate of drug-likeness (QED) is 0.891. The predicted molar refractivity (Wildman–Crippen MR) is 78.4 cm³/mol. The molecule has 0 amide bonds. The molecule has 2 atom stereocenters. The molecular weight excluding hydrogens is 234 g/mol. The number of nitrogens with two attached hydrogens (primary N) is 1. The van der Waals surface area contributed by atoms with Crippen LogP contribution in [-0.2, 0) is 6.42 Å². The Morgan fingerprint density at radius 1 is 1.26 bits per heavy atom. The molecule has 1 fully saturated rings. The molecule has 2 unspecified atom stereocenters. The monoisotopic (exact) mass is 259 g/mol. The summed E-state index contributed by atoms with van der Waals surface area (Å²) in [7, 11) is 0. The molecule has 0 saturated heterocycles. The Hall–Kier alpha value is -1.02. The Morgan fingerprint density at radius 3 is 2.84 bits per heavy atom. The number of hydrogen-bond donors (Lipinski definition) is 1. The highest BCUT2D eigenvalue weighted by atomic mass is 16.5. The summed E-state index contributed by atoms with van der Waals surface area (Å²) in [6, 6.07) is 6.73. The summed E-state index contributed by atoms with van der Waals surface area (Å²) in [6.45, 7) is 2.13. The zero-order valence-electron chi connectivity index (χ0n) is 11.9. The third-order valence-corrected chi connectivity index (χ3v) is 4.66. The summed E-state index contributed by atoms with van der Waals surface area (Å²) in [5.74, 6) is 1.90. The molecule has 1 saturated carbocycles. The molecule has 19 heavy (non-hydrogen) atoms. The Morgan fingerprint density at radius 2 is 2.05 bits per heavy atom. The van der Waals surface area contributed by atoms with E-state index in [0.29, 0.717) is 6.10 Å². The molecule has 2 heteroatoms. The third kappa shape index (κ3) is 2.94. The van der Waals surface area contributed by atoms with E-state index in [1.165, 1.54) is 43.2 Å². The van der Waals surface area contributed by atoms with Crippen LogP contribution >= 0.6 is 0 Å². The summed E-state index contributed by atoms with van der Waals surface area (Å²) in [4.78, 5) is 0. The van der Waals surface area contributed by atoms with Gasteiger partial charge in [0.1, 0.15) is 11.9 Å². The van der Waals surface area contributed by atoms with Crippen molar-refractivity contribution >= 4 is 0 Å². The molecule has 3 rings (SSSR count). The Bertz CT molecular complexity index is 437. The van der Waals surface area contributed by atoms with Gasteiger partial charge in [-0.3, -0.25) is 0 Å². The molecule has 104 valence electrons. The molecule has 0 spiro atoms. The lowest BCUT2D eigenvalue weighted by Crippen LogP contribution is -2.17. The number of fused-ring (bicyclic) bond motifs is 1. The van der Waals surface area contributed by atoms with Gasteiger partial charge in [-0.1, -0.05) is 44.2 Å². The lowest BCUT2D eigenvalue weighted by molar-refractivity contribution is 0.254. The Labute approximate surface area is 116 Å². The fourth-order valence-electron chi connectivity index (χ4n) is 3.59. The maximum atomic E-state index is 6.41. The van der Waals surface area contributed by atoms with E-state index in [2.05, 4.69) is 25.1 Å². The molecule has 1 aromatic carbocycles. The second kappa shape index (κ2) is 5.54. The zero-order chi connectivity index (χ0) is 13.2. The molecule has 0 radical (unpaired) electrons. The van der Waals surface area contributed by atoms with Crippen LogP contribution in [0, 0.1) is 5.92 Å². The van der Waals surface area contributed by atoms with Crippen LogP contribution < -0.4 is 10.5 Å². The number of benzene rings is 1. The van der Waals surface area contributed by atoms with Crippen LogP contribution in [0.4, 0.5) is 0 Å². The van der Waals surface area contributed by atoms with Crippen LogP contribution in [0.3, 0.4) is 0 Å². The van der Waals surface area contributed by atoms with Gasteiger partial charge in [-0.2, -0.15) is 0 Å². The minimum Gasteiger partial charge on any atom is -0.490 e. The largest absolute Gasteiger partial charge is 0.490 e. The molecular formula is C17H25NO. The van der Waals surface area contributed by atoms with Crippen molar-refractivity contribution in [1.29, 1.82) is 0 Å². The van der Waals surface area contributed by atoms with Crippen molar-refractivity contribution in [3.8, 4) is 5.75 Å². The minimum absolute atomic E-state index is 0.198. The molecule has 1 aliphatic carbocycles. The van der Waals surface area contributed by atoms with E-state index < -0.39 is 0 Å². The van der Waals surface area contributed by atoms with Gasteiger partial charge < -0.3 is 10.5 Å². The summed E-state index contributed by atoms with van der Waals surface area (Å²) in [5.41, 5.74) is 9.04. The molecule has 0 bridgehead atoms. The van der Waals surface area contributed by atoms with Gasteiger partial charge >= 0.3 is 0 Å². The van der Waals surface area contributed by atoms with E-state index in [0.717, 1.165) is 24.5 Å². The molecule has 1 aliphatic heterocycles. The van der Waals surface area contributed by atoms with Crippen LogP contribution in [0.25, 0.3) is 0 Å².